The maximum Gasteiger partial charge on any atom is 0.330 e. The summed E-state index contributed by atoms with van der Waals surface area (Å²) in [6.45, 7) is -0.911. The number of carboxylic acid groups (broad SMARTS) is 1. The van der Waals surface area contributed by atoms with Crippen LogP contribution in [0.15, 0.2) is 83.9 Å². The first kappa shape index (κ1) is 21.9. The predicted octanol–water partition coefficient (Wildman–Crippen LogP) is 2.24. The lowest BCUT2D eigenvalue weighted by atomic mass is 10.1. The van der Waals surface area contributed by atoms with Crippen molar-refractivity contribution in [3.8, 4) is 11.1 Å². The SMILES string of the molecule is O=C(O)CN(NC(=O)NCc1ccccn1)S(=O)(=O)c1cccc(-c2ccccc2)c1. The van der Waals surface area contributed by atoms with Crippen LogP contribution >= 0.6 is 0 Å². The van der Waals surface area contributed by atoms with Gasteiger partial charge in [-0.3, -0.25) is 15.2 Å². The molecule has 3 N–H and O–H groups in total. The summed E-state index contributed by atoms with van der Waals surface area (Å²) >= 11 is 0. The number of aliphatic carboxylic acids is 1. The summed E-state index contributed by atoms with van der Waals surface area (Å²) in [5.74, 6) is -1.42. The molecule has 160 valence electrons. The number of aromatic nitrogens is 1. The minimum Gasteiger partial charge on any atom is -0.480 e. The molecule has 2 amide bonds. The van der Waals surface area contributed by atoms with Crippen molar-refractivity contribution in [2.45, 2.75) is 11.4 Å². The number of carboxylic acids is 1. The van der Waals surface area contributed by atoms with E-state index in [0.29, 0.717) is 15.7 Å². The highest BCUT2D eigenvalue weighted by atomic mass is 32.2. The van der Waals surface area contributed by atoms with Crippen molar-refractivity contribution in [3.05, 3.63) is 84.7 Å². The molecule has 0 radical (unpaired) electrons. The van der Waals surface area contributed by atoms with Crippen LogP contribution in [0, 0.1) is 0 Å². The fraction of sp³-hybridized carbons (Fsp3) is 0.0952. The molecule has 9 nitrogen and oxygen atoms in total. The van der Waals surface area contributed by atoms with Gasteiger partial charge >= 0.3 is 12.0 Å². The average Bonchev–Trinajstić information content (AvgIpc) is 2.78. The van der Waals surface area contributed by atoms with E-state index in [0.717, 1.165) is 5.56 Å². The number of nitrogens with zero attached hydrogens (tertiary/aromatic N) is 2. The smallest absolute Gasteiger partial charge is 0.330 e. The molecule has 0 aliphatic carbocycles. The van der Waals surface area contributed by atoms with Gasteiger partial charge in [-0.15, -0.1) is 0 Å². The number of hydrogen-bond donors (Lipinski definition) is 3. The molecule has 0 aliphatic heterocycles. The Morgan fingerprint density at radius 3 is 2.32 bits per heavy atom. The minimum atomic E-state index is -4.34. The quantitative estimate of drug-likeness (QED) is 0.461. The number of benzene rings is 2. The van der Waals surface area contributed by atoms with Crippen LogP contribution in [0.25, 0.3) is 11.1 Å². The Bertz CT molecular complexity index is 1150. The van der Waals surface area contributed by atoms with E-state index in [1.807, 2.05) is 30.3 Å². The molecule has 1 heterocycles. The number of hydrogen-bond acceptors (Lipinski definition) is 5. The second-order valence-electron chi connectivity index (χ2n) is 6.41. The van der Waals surface area contributed by atoms with E-state index in [1.165, 1.54) is 12.1 Å². The highest BCUT2D eigenvalue weighted by Crippen LogP contribution is 2.23. The van der Waals surface area contributed by atoms with Crippen LogP contribution in [0.5, 0.6) is 0 Å². The van der Waals surface area contributed by atoms with Crippen molar-refractivity contribution >= 4 is 22.0 Å². The van der Waals surface area contributed by atoms with Gasteiger partial charge < -0.3 is 10.4 Å². The van der Waals surface area contributed by atoms with Gasteiger partial charge in [-0.25, -0.2) is 13.2 Å². The lowest BCUT2D eigenvalue weighted by Crippen LogP contribution is -2.51. The molecule has 0 bridgehead atoms. The minimum absolute atomic E-state index is 0.0388. The molecule has 0 unspecified atom stereocenters. The molecule has 3 aromatic rings. The summed E-state index contributed by atoms with van der Waals surface area (Å²) in [4.78, 5) is 27.4. The number of carbonyl (C=O) groups excluding carboxylic acids is 1. The van der Waals surface area contributed by atoms with Gasteiger partial charge in [0.25, 0.3) is 10.0 Å². The molecular formula is C21H20N4O5S. The van der Waals surface area contributed by atoms with Crippen molar-refractivity contribution < 1.29 is 23.1 Å². The molecule has 31 heavy (non-hydrogen) atoms. The van der Waals surface area contributed by atoms with Gasteiger partial charge in [0.1, 0.15) is 6.54 Å². The highest BCUT2D eigenvalue weighted by Gasteiger charge is 2.28. The fourth-order valence-corrected chi connectivity index (χ4v) is 3.99. The van der Waals surface area contributed by atoms with Crippen molar-refractivity contribution in [2.75, 3.05) is 6.54 Å². The van der Waals surface area contributed by atoms with Crippen LogP contribution in [-0.2, 0) is 21.4 Å². The monoisotopic (exact) mass is 440 g/mol. The molecule has 10 heteroatoms. The number of carbonyl (C=O) groups is 2. The molecule has 1 aromatic heterocycles. The van der Waals surface area contributed by atoms with Gasteiger partial charge in [-0.2, -0.15) is 0 Å². The lowest BCUT2D eigenvalue weighted by Gasteiger charge is -2.21. The summed E-state index contributed by atoms with van der Waals surface area (Å²) in [5, 5.41) is 11.6. The molecular weight excluding hydrogens is 420 g/mol. The van der Waals surface area contributed by atoms with E-state index in [9.17, 15) is 18.0 Å². The van der Waals surface area contributed by atoms with E-state index in [2.05, 4.69) is 15.7 Å². The van der Waals surface area contributed by atoms with Crippen LogP contribution in [0.1, 0.15) is 5.69 Å². The van der Waals surface area contributed by atoms with Gasteiger partial charge in [0.15, 0.2) is 0 Å². The Hall–Kier alpha value is -3.76. The van der Waals surface area contributed by atoms with E-state index >= 15 is 0 Å². The summed E-state index contributed by atoms with van der Waals surface area (Å²) in [6.07, 6.45) is 1.55. The van der Waals surface area contributed by atoms with E-state index in [1.54, 1.807) is 36.5 Å². The van der Waals surface area contributed by atoms with Crippen LogP contribution in [0.2, 0.25) is 0 Å². The standard InChI is InChI=1S/C21H20N4O5S/c26-20(27)15-25(24-21(28)23-14-18-10-4-5-12-22-18)31(29,30)19-11-6-9-17(13-19)16-7-2-1-3-8-16/h1-13H,14-15H2,(H,26,27)(H2,23,24,28). The summed E-state index contributed by atoms with van der Waals surface area (Å²) in [6, 6.07) is 19.4. The molecule has 0 aliphatic rings. The second kappa shape index (κ2) is 9.83. The van der Waals surface area contributed by atoms with Crippen molar-refractivity contribution in [1.82, 2.24) is 20.1 Å². The molecule has 0 fully saturated rings. The zero-order chi connectivity index (χ0) is 22.3. The largest absolute Gasteiger partial charge is 0.480 e. The normalized spacial score (nSPS) is 11.1. The molecule has 0 atom stereocenters. The Morgan fingerprint density at radius 2 is 1.65 bits per heavy atom. The number of amides is 2. The van der Waals surface area contributed by atoms with E-state index < -0.39 is 28.6 Å². The van der Waals surface area contributed by atoms with Crippen LogP contribution < -0.4 is 10.7 Å². The van der Waals surface area contributed by atoms with Crippen LogP contribution in [0.4, 0.5) is 4.79 Å². The Balaban J connectivity index is 1.80. The number of urea groups is 1. The number of pyridine rings is 1. The van der Waals surface area contributed by atoms with Gasteiger partial charge in [-0.1, -0.05) is 52.9 Å². The first-order valence-electron chi connectivity index (χ1n) is 9.20. The average molecular weight is 440 g/mol. The number of rotatable bonds is 8. The molecule has 0 saturated heterocycles. The van der Waals surface area contributed by atoms with Gasteiger partial charge in [0, 0.05) is 6.20 Å². The van der Waals surface area contributed by atoms with Crippen molar-refractivity contribution in [3.63, 3.8) is 0 Å². The molecule has 0 spiro atoms. The highest BCUT2D eigenvalue weighted by molar-refractivity contribution is 7.89. The van der Waals surface area contributed by atoms with Gasteiger partial charge in [0.05, 0.1) is 17.1 Å². The van der Waals surface area contributed by atoms with E-state index in [-0.39, 0.29) is 11.4 Å². The zero-order valence-electron chi connectivity index (χ0n) is 16.3. The van der Waals surface area contributed by atoms with Crippen molar-refractivity contribution in [2.24, 2.45) is 0 Å². The zero-order valence-corrected chi connectivity index (χ0v) is 17.1. The van der Waals surface area contributed by atoms with Crippen molar-refractivity contribution in [1.29, 1.82) is 0 Å². The summed E-state index contributed by atoms with van der Waals surface area (Å²) in [5.41, 5.74) is 4.09. The third-order valence-corrected chi connectivity index (χ3v) is 5.84. The third-order valence-electron chi connectivity index (χ3n) is 4.19. The molecule has 0 saturated carbocycles. The lowest BCUT2D eigenvalue weighted by molar-refractivity contribution is -0.137. The fourth-order valence-electron chi connectivity index (χ4n) is 2.73. The number of sulfonamides is 1. The molecule has 2 aromatic carbocycles. The van der Waals surface area contributed by atoms with Gasteiger partial charge in [0.2, 0.25) is 0 Å². The first-order valence-corrected chi connectivity index (χ1v) is 10.6. The second-order valence-corrected chi connectivity index (χ2v) is 8.28. The topological polar surface area (TPSA) is 129 Å². The number of hydrazine groups is 1. The summed E-state index contributed by atoms with van der Waals surface area (Å²) in [7, 11) is -4.34. The Morgan fingerprint density at radius 1 is 0.935 bits per heavy atom. The van der Waals surface area contributed by atoms with E-state index in [4.69, 9.17) is 5.11 Å². The van der Waals surface area contributed by atoms with Crippen LogP contribution in [-0.4, -0.2) is 41.5 Å². The third kappa shape index (κ3) is 5.87. The van der Waals surface area contributed by atoms with Gasteiger partial charge in [-0.05, 0) is 35.4 Å². The first-order chi connectivity index (χ1) is 14.9. The van der Waals surface area contributed by atoms with Crippen LogP contribution in [0.3, 0.4) is 0 Å². The molecule has 3 rings (SSSR count). The maximum atomic E-state index is 13.1. The number of nitrogens with one attached hydrogen (secondary N) is 2. The Kier molecular flexibility index (Phi) is 6.96. The predicted molar refractivity (Wildman–Crippen MR) is 113 cm³/mol. The summed E-state index contributed by atoms with van der Waals surface area (Å²) < 4.78 is 26.5. The Labute approximate surface area is 179 Å². The maximum absolute atomic E-state index is 13.1.